The fourth-order valence-electron chi connectivity index (χ4n) is 2.93. The lowest BCUT2D eigenvalue weighted by molar-refractivity contribution is -0.140. The third-order valence-corrected chi connectivity index (χ3v) is 5.32. The Labute approximate surface area is 179 Å². The minimum Gasteiger partial charge on any atom is -0.490 e. The zero-order chi connectivity index (χ0) is 21.0. The van der Waals surface area contributed by atoms with Gasteiger partial charge in [0, 0.05) is 12.7 Å². The maximum absolute atomic E-state index is 12.8. The van der Waals surface area contributed by atoms with E-state index in [0.717, 1.165) is 0 Å². The number of urea groups is 1. The predicted molar refractivity (Wildman–Crippen MR) is 111 cm³/mol. The largest absolute Gasteiger partial charge is 0.490 e. The average molecular weight is 435 g/mol. The number of hydrogen-bond donors (Lipinski definition) is 1. The molecule has 0 spiro atoms. The number of halogens is 2. The molecule has 0 saturated carbocycles. The number of benzene rings is 2. The lowest BCUT2D eigenvalue weighted by Gasteiger charge is -2.33. The summed E-state index contributed by atoms with van der Waals surface area (Å²) in [5, 5.41) is 3.52. The summed E-state index contributed by atoms with van der Waals surface area (Å²) in [6.45, 7) is 1.97. The number of nitrogens with zero attached hydrogens (tertiary/aromatic N) is 1. The predicted octanol–water partition coefficient (Wildman–Crippen LogP) is 4.59. The Morgan fingerprint density at radius 3 is 2.52 bits per heavy atom. The zero-order valence-electron chi connectivity index (χ0n) is 15.9. The maximum Gasteiger partial charge on any atom is 0.338 e. The number of ether oxygens (including phenoxy) is 2. The lowest BCUT2D eigenvalue weighted by atomic mass is 9.95. The molecule has 29 heavy (non-hydrogen) atoms. The third kappa shape index (κ3) is 4.83. The van der Waals surface area contributed by atoms with Crippen LogP contribution >= 0.6 is 23.2 Å². The second kappa shape index (κ2) is 9.20. The van der Waals surface area contributed by atoms with Gasteiger partial charge in [0.25, 0.3) is 0 Å². The molecule has 0 radical (unpaired) electrons. The number of nitrogens with one attached hydrogen (secondary N) is 1. The van der Waals surface area contributed by atoms with Gasteiger partial charge in [0.05, 0.1) is 21.7 Å². The van der Waals surface area contributed by atoms with Crippen molar-refractivity contribution in [2.24, 2.45) is 0 Å². The van der Waals surface area contributed by atoms with Crippen LogP contribution < -0.4 is 10.1 Å². The summed E-state index contributed by atoms with van der Waals surface area (Å²) in [6, 6.07) is 13.2. The van der Waals surface area contributed by atoms with E-state index < -0.39 is 12.0 Å². The SMILES string of the molecule is CC1=C(C(=O)OCCOc2ccccc2)C(c2ccc(Cl)c(Cl)c2)NC(=O)N1C. The molecule has 152 valence electrons. The van der Waals surface area contributed by atoms with Crippen LogP contribution in [0.1, 0.15) is 18.5 Å². The summed E-state index contributed by atoms with van der Waals surface area (Å²) in [4.78, 5) is 26.5. The minimum atomic E-state index is -0.698. The fraction of sp³-hybridized carbons (Fsp3) is 0.238. The molecule has 0 aromatic heterocycles. The van der Waals surface area contributed by atoms with Gasteiger partial charge in [-0.25, -0.2) is 9.59 Å². The summed E-state index contributed by atoms with van der Waals surface area (Å²) < 4.78 is 10.9. The van der Waals surface area contributed by atoms with Crippen LogP contribution in [-0.2, 0) is 9.53 Å². The van der Waals surface area contributed by atoms with Crippen LogP contribution in [0.4, 0.5) is 4.79 Å². The number of para-hydroxylation sites is 1. The smallest absolute Gasteiger partial charge is 0.338 e. The Bertz CT molecular complexity index is 947. The normalized spacial score (nSPS) is 16.5. The van der Waals surface area contributed by atoms with Crippen LogP contribution in [-0.4, -0.2) is 37.2 Å². The van der Waals surface area contributed by atoms with Gasteiger partial charge >= 0.3 is 12.0 Å². The highest BCUT2D eigenvalue weighted by molar-refractivity contribution is 6.42. The van der Waals surface area contributed by atoms with E-state index >= 15 is 0 Å². The Morgan fingerprint density at radius 2 is 1.83 bits per heavy atom. The Morgan fingerprint density at radius 1 is 1.10 bits per heavy atom. The maximum atomic E-state index is 12.8. The molecular weight excluding hydrogens is 415 g/mol. The van der Waals surface area contributed by atoms with Gasteiger partial charge in [-0.05, 0) is 36.8 Å². The van der Waals surface area contributed by atoms with Crippen LogP contribution in [0.25, 0.3) is 0 Å². The fourth-order valence-corrected chi connectivity index (χ4v) is 3.24. The van der Waals surface area contributed by atoms with Crippen LogP contribution in [0.5, 0.6) is 5.75 Å². The molecule has 1 unspecified atom stereocenters. The van der Waals surface area contributed by atoms with Crippen molar-refractivity contribution >= 4 is 35.2 Å². The quantitative estimate of drug-likeness (QED) is 0.533. The molecule has 0 fully saturated rings. The van der Waals surface area contributed by atoms with E-state index in [1.54, 1.807) is 32.2 Å². The van der Waals surface area contributed by atoms with Crippen molar-refractivity contribution < 1.29 is 19.1 Å². The van der Waals surface area contributed by atoms with Crippen molar-refractivity contribution in [2.45, 2.75) is 13.0 Å². The lowest BCUT2D eigenvalue weighted by Crippen LogP contribution is -2.46. The molecule has 0 bridgehead atoms. The van der Waals surface area contributed by atoms with E-state index in [1.165, 1.54) is 4.90 Å². The highest BCUT2D eigenvalue weighted by Gasteiger charge is 2.35. The molecule has 0 aliphatic carbocycles. The molecule has 2 aromatic carbocycles. The Balaban J connectivity index is 1.75. The van der Waals surface area contributed by atoms with E-state index in [-0.39, 0.29) is 19.2 Å². The van der Waals surface area contributed by atoms with E-state index in [4.69, 9.17) is 32.7 Å². The van der Waals surface area contributed by atoms with Crippen LogP contribution in [0.3, 0.4) is 0 Å². The Hall–Kier alpha value is -2.70. The van der Waals surface area contributed by atoms with Crippen LogP contribution in [0.15, 0.2) is 59.8 Å². The molecule has 0 saturated heterocycles. The van der Waals surface area contributed by atoms with Crippen LogP contribution in [0, 0.1) is 0 Å². The van der Waals surface area contributed by atoms with Gasteiger partial charge in [0.15, 0.2) is 0 Å². The topological polar surface area (TPSA) is 67.9 Å². The van der Waals surface area contributed by atoms with Gasteiger partial charge in [-0.15, -0.1) is 0 Å². The van der Waals surface area contributed by atoms with Gasteiger partial charge in [-0.3, -0.25) is 0 Å². The van der Waals surface area contributed by atoms with Crippen molar-refractivity contribution in [1.82, 2.24) is 10.2 Å². The molecule has 3 rings (SSSR count). The Kier molecular flexibility index (Phi) is 6.67. The molecule has 6 nitrogen and oxygen atoms in total. The van der Waals surface area contributed by atoms with Gasteiger partial charge in [-0.2, -0.15) is 0 Å². The summed E-state index contributed by atoms with van der Waals surface area (Å²) in [7, 11) is 1.58. The number of carbonyl (C=O) groups excluding carboxylic acids is 2. The van der Waals surface area contributed by atoms with Crippen molar-refractivity contribution in [3.8, 4) is 5.75 Å². The molecule has 2 aromatic rings. The van der Waals surface area contributed by atoms with E-state index in [9.17, 15) is 9.59 Å². The second-order valence-corrected chi connectivity index (χ2v) is 7.23. The monoisotopic (exact) mass is 434 g/mol. The third-order valence-electron chi connectivity index (χ3n) is 4.58. The number of carbonyl (C=O) groups is 2. The van der Waals surface area contributed by atoms with Crippen LogP contribution in [0.2, 0.25) is 10.0 Å². The highest BCUT2D eigenvalue weighted by Crippen LogP contribution is 2.33. The van der Waals surface area contributed by atoms with Gasteiger partial charge < -0.3 is 19.7 Å². The standard InChI is InChI=1S/C21H20Cl2N2O4/c1-13-18(20(26)29-11-10-28-15-6-4-3-5-7-15)19(24-21(27)25(13)2)14-8-9-16(22)17(23)12-14/h3-9,12,19H,10-11H2,1-2H3,(H,24,27). The average Bonchev–Trinajstić information content (AvgIpc) is 2.72. The van der Waals surface area contributed by atoms with Crippen molar-refractivity contribution in [2.75, 3.05) is 20.3 Å². The minimum absolute atomic E-state index is 0.0657. The number of allylic oxidation sites excluding steroid dienone is 1. The van der Waals surface area contributed by atoms with Crippen molar-refractivity contribution in [3.63, 3.8) is 0 Å². The second-order valence-electron chi connectivity index (χ2n) is 6.41. The first-order valence-corrected chi connectivity index (χ1v) is 9.69. The number of rotatable bonds is 6. The molecule has 1 atom stereocenters. The number of hydrogen-bond acceptors (Lipinski definition) is 4. The van der Waals surface area contributed by atoms with Gasteiger partial charge in [0.1, 0.15) is 19.0 Å². The molecule has 1 aliphatic rings. The molecule has 1 heterocycles. The van der Waals surface area contributed by atoms with E-state index in [0.29, 0.717) is 32.6 Å². The van der Waals surface area contributed by atoms with Gasteiger partial charge in [0.2, 0.25) is 0 Å². The van der Waals surface area contributed by atoms with Crippen molar-refractivity contribution in [1.29, 1.82) is 0 Å². The summed E-state index contributed by atoms with van der Waals surface area (Å²) in [6.07, 6.45) is 0. The summed E-state index contributed by atoms with van der Waals surface area (Å²) in [5.41, 5.74) is 1.46. The first-order valence-electron chi connectivity index (χ1n) is 8.93. The molecule has 8 heteroatoms. The first-order chi connectivity index (χ1) is 13.9. The first kappa shape index (κ1) is 21.0. The van der Waals surface area contributed by atoms with Gasteiger partial charge in [-0.1, -0.05) is 47.5 Å². The summed E-state index contributed by atoms with van der Waals surface area (Å²) >= 11 is 12.1. The molecule has 1 N–H and O–H groups in total. The zero-order valence-corrected chi connectivity index (χ0v) is 17.5. The molecule has 1 aliphatic heterocycles. The van der Waals surface area contributed by atoms with Crippen molar-refractivity contribution in [3.05, 3.63) is 75.4 Å². The van der Waals surface area contributed by atoms with E-state index in [1.807, 2.05) is 30.3 Å². The number of amides is 2. The van der Waals surface area contributed by atoms with E-state index in [2.05, 4.69) is 5.32 Å². The summed E-state index contributed by atoms with van der Waals surface area (Å²) in [5.74, 6) is 0.152. The highest BCUT2D eigenvalue weighted by atomic mass is 35.5. The molecular formula is C21H20Cl2N2O4. The number of esters is 1. The molecule has 2 amide bonds.